The number of aldehydes is 1. The van der Waals surface area contributed by atoms with Gasteiger partial charge in [-0.2, -0.15) is 0 Å². The van der Waals surface area contributed by atoms with Crippen molar-refractivity contribution in [1.82, 2.24) is 4.98 Å². The average Bonchev–Trinajstić information content (AvgIpc) is 2.74. The number of hydrogen-bond acceptors (Lipinski definition) is 4. The number of nitrogens with zero attached hydrogens (tertiary/aromatic N) is 2. The molecule has 0 bridgehead atoms. The number of benzene rings is 2. The van der Waals surface area contributed by atoms with Gasteiger partial charge in [-0.1, -0.05) is 36.4 Å². The number of rotatable bonds is 4. The second-order valence-electron chi connectivity index (χ2n) is 6.27. The zero-order valence-electron chi connectivity index (χ0n) is 14.6. The van der Waals surface area contributed by atoms with Crippen molar-refractivity contribution < 1.29 is 9.90 Å². The molecule has 1 aliphatic rings. The number of aromatic nitrogens is 1. The van der Waals surface area contributed by atoms with Gasteiger partial charge in [0, 0.05) is 23.7 Å². The van der Waals surface area contributed by atoms with E-state index in [9.17, 15) is 9.90 Å². The summed E-state index contributed by atoms with van der Waals surface area (Å²) in [5, 5.41) is 9.62. The van der Waals surface area contributed by atoms with Gasteiger partial charge < -0.3 is 14.8 Å². The second kappa shape index (κ2) is 7.30. The van der Waals surface area contributed by atoms with E-state index in [0.717, 1.165) is 34.4 Å². The van der Waals surface area contributed by atoms with Gasteiger partial charge in [-0.05, 0) is 53.6 Å². The molecule has 0 fully saturated rings. The first-order valence-electron chi connectivity index (χ1n) is 8.69. The third-order valence-corrected chi connectivity index (χ3v) is 4.55. The summed E-state index contributed by atoms with van der Waals surface area (Å²) in [4.78, 5) is 18.5. The molecule has 0 radical (unpaired) electrons. The van der Waals surface area contributed by atoms with Gasteiger partial charge in [0.1, 0.15) is 18.1 Å². The monoisotopic (exact) mass is 354 g/mol. The molecule has 0 spiro atoms. The molecule has 1 aliphatic heterocycles. The molecule has 132 valence electrons. The van der Waals surface area contributed by atoms with Crippen LogP contribution in [0.2, 0.25) is 0 Å². The summed E-state index contributed by atoms with van der Waals surface area (Å²) in [5.74, 6) is 0.193. The Balaban J connectivity index is 1.87. The summed E-state index contributed by atoms with van der Waals surface area (Å²) < 4.78 is 0. The van der Waals surface area contributed by atoms with Crippen LogP contribution in [0.15, 0.2) is 91.3 Å². The van der Waals surface area contributed by atoms with Crippen molar-refractivity contribution in [3.8, 4) is 5.75 Å². The summed E-state index contributed by atoms with van der Waals surface area (Å²) in [7, 11) is 0. The van der Waals surface area contributed by atoms with E-state index in [1.54, 1.807) is 18.3 Å². The molecule has 0 aliphatic carbocycles. The number of hydrogen-bond donors (Lipinski definition) is 1. The fraction of sp³-hybridized carbons (Fsp3) is 0.0435. The highest BCUT2D eigenvalue weighted by Crippen LogP contribution is 2.34. The smallest absolute Gasteiger partial charge is 0.147 e. The van der Waals surface area contributed by atoms with Crippen molar-refractivity contribution in [2.24, 2.45) is 0 Å². The van der Waals surface area contributed by atoms with Gasteiger partial charge >= 0.3 is 0 Å². The van der Waals surface area contributed by atoms with Crippen LogP contribution in [-0.4, -0.2) is 22.4 Å². The van der Waals surface area contributed by atoms with Crippen molar-refractivity contribution in [3.05, 3.63) is 103 Å². The summed E-state index contributed by atoms with van der Waals surface area (Å²) in [6, 6.07) is 22.0. The number of carbonyl (C=O) groups excluding carboxylic acids is 1. The van der Waals surface area contributed by atoms with Crippen LogP contribution in [0.3, 0.4) is 0 Å². The topological polar surface area (TPSA) is 53.4 Å². The second-order valence-corrected chi connectivity index (χ2v) is 6.27. The van der Waals surface area contributed by atoms with E-state index in [0.29, 0.717) is 0 Å². The maximum atomic E-state index is 12.1. The Kier molecular flexibility index (Phi) is 4.54. The van der Waals surface area contributed by atoms with Crippen LogP contribution in [0.1, 0.15) is 11.3 Å². The van der Waals surface area contributed by atoms with Gasteiger partial charge in [0.05, 0.1) is 5.69 Å². The van der Waals surface area contributed by atoms with Crippen molar-refractivity contribution >= 4 is 23.1 Å². The standard InChI is InChI=1S/C23H18N2O2/c26-16-23-21(17-9-11-20(27)12-10-17)14-18(22-8-4-5-13-24-22)15-25(23)19-6-2-1-3-7-19/h1-16,23,27H. The number of aromatic hydroxyl groups is 1. The fourth-order valence-electron chi connectivity index (χ4n) is 3.23. The summed E-state index contributed by atoms with van der Waals surface area (Å²) in [5.41, 5.74) is 4.41. The molecular formula is C23H18N2O2. The molecule has 3 aromatic rings. The van der Waals surface area contributed by atoms with E-state index >= 15 is 0 Å². The average molecular weight is 354 g/mol. The van der Waals surface area contributed by atoms with Crippen molar-refractivity contribution in [2.45, 2.75) is 6.04 Å². The Morgan fingerprint density at radius 2 is 1.67 bits per heavy atom. The lowest BCUT2D eigenvalue weighted by Gasteiger charge is -2.33. The van der Waals surface area contributed by atoms with E-state index in [4.69, 9.17) is 0 Å². The zero-order valence-corrected chi connectivity index (χ0v) is 14.6. The molecule has 0 amide bonds. The summed E-state index contributed by atoms with van der Waals surface area (Å²) >= 11 is 0. The molecule has 2 heterocycles. The number of phenols is 1. The molecule has 1 aromatic heterocycles. The predicted octanol–water partition coefficient (Wildman–Crippen LogP) is 4.30. The first-order chi connectivity index (χ1) is 13.3. The first kappa shape index (κ1) is 16.8. The third-order valence-electron chi connectivity index (χ3n) is 4.55. The van der Waals surface area contributed by atoms with Gasteiger partial charge in [0.25, 0.3) is 0 Å². The van der Waals surface area contributed by atoms with Crippen molar-refractivity contribution in [3.63, 3.8) is 0 Å². The van der Waals surface area contributed by atoms with Crippen LogP contribution in [0.4, 0.5) is 5.69 Å². The molecule has 0 saturated heterocycles. The molecule has 1 N–H and O–H groups in total. The molecule has 27 heavy (non-hydrogen) atoms. The van der Waals surface area contributed by atoms with Crippen molar-refractivity contribution in [1.29, 1.82) is 0 Å². The highest BCUT2D eigenvalue weighted by atomic mass is 16.3. The third kappa shape index (κ3) is 3.37. The Hall–Kier alpha value is -3.66. The van der Waals surface area contributed by atoms with E-state index in [2.05, 4.69) is 4.98 Å². The van der Waals surface area contributed by atoms with Gasteiger partial charge in [0.2, 0.25) is 0 Å². The maximum absolute atomic E-state index is 12.1. The minimum Gasteiger partial charge on any atom is -0.508 e. The summed E-state index contributed by atoms with van der Waals surface area (Å²) in [6.45, 7) is 0. The molecule has 4 heteroatoms. The number of carbonyl (C=O) groups is 1. The molecular weight excluding hydrogens is 336 g/mol. The molecule has 1 atom stereocenters. The molecule has 2 aromatic carbocycles. The molecule has 4 nitrogen and oxygen atoms in total. The quantitative estimate of drug-likeness (QED) is 0.710. The lowest BCUT2D eigenvalue weighted by molar-refractivity contribution is -0.107. The first-order valence-corrected chi connectivity index (χ1v) is 8.69. The number of allylic oxidation sites excluding steroid dienone is 2. The van der Waals surface area contributed by atoms with Crippen LogP contribution in [0, 0.1) is 0 Å². The van der Waals surface area contributed by atoms with Crippen LogP contribution in [-0.2, 0) is 4.79 Å². The van der Waals surface area contributed by atoms with Gasteiger partial charge in [0.15, 0.2) is 0 Å². The number of para-hydroxylation sites is 1. The Bertz CT molecular complexity index is 994. The highest BCUT2D eigenvalue weighted by Gasteiger charge is 2.27. The van der Waals surface area contributed by atoms with E-state index in [1.165, 1.54) is 0 Å². The normalized spacial score (nSPS) is 16.4. The number of anilines is 1. The number of phenolic OH excluding ortho intramolecular Hbond substituents is 1. The van der Waals surface area contributed by atoms with E-state index < -0.39 is 6.04 Å². The molecule has 0 saturated carbocycles. The highest BCUT2D eigenvalue weighted by molar-refractivity contribution is 5.98. The fourth-order valence-corrected chi connectivity index (χ4v) is 3.23. The lowest BCUT2D eigenvalue weighted by Crippen LogP contribution is -2.35. The SMILES string of the molecule is O=CC1C(c2ccc(O)cc2)=CC(c2ccccn2)=CN1c1ccccc1. The largest absolute Gasteiger partial charge is 0.508 e. The minimum absolute atomic E-state index is 0.193. The predicted molar refractivity (Wildman–Crippen MR) is 107 cm³/mol. The minimum atomic E-state index is -0.468. The molecule has 1 unspecified atom stereocenters. The Morgan fingerprint density at radius 1 is 0.926 bits per heavy atom. The molecule has 4 rings (SSSR count). The Labute approximate surface area is 157 Å². The van der Waals surface area contributed by atoms with Crippen LogP contribution < -0.4 is 4.90 Å². The van der Waals surface area contributed by atoms with Crippen LogP contribution >= 0.6 is 0 Å². The Morgan fingerprint density at radius 3 is 2.33 bits per heavy atom. The summed E-state index contributed by atoms with van der Waals surface area (Å²) in [6.07, 6.45) is 6.65. The lowest BCUT2D eigenvalue weighted by atomic mass is 9.91. The van der Waals surface area contributed by atoms with Crippen molar-refractivity contribution in [2.75, 3.05) is 4.90 Å². The zero-order chi connectivity index (χ0) is 18.6. The van der Waals surface area contributed by atoms with Gasteiger partial charge in [-0.3, -0.25) is 4.98 Å². The van der Waals surface area contributed by atoms with E-state index in [-0.39, 0.29) is 5.75 Å². The van der Waals surface area contributed by atoms with Gasteiger partial charge in [-0.15, -0.1) is 0 Å². The number of pyridine rings is 1. The van der Waals surface area contributed by atoms with Crippen LogP contribution in [0.25, 0.3) is 11.1 Å². The van der Waals surface area contributed by atoms with E-state index in [1.807, 2.05) is 77.8 Å². The van der Waals surface area contributed by atoms with Gasteiger partial charge in [-0.25, -0.2) is 0 Å². The maximum Gasteiger partial charge on any atom is 0.147 e. The van der Waals surface area contributed by atoms with Crippen LogP contribution in [0.5, 0.6) is 5.75 Å².